The highest BCUT2D eigenvalue weighted by molar-refractivity contribution is 5.97. The third-order valence-electron chi connectivity index (χ3n) is 2.00. The highest BCUT2D eigenvalue weighted by Gasteiger charge is 2.01. The molecular formula is C11H15NO. The number of nitrogens with two attached hydrogens (primary N) is 1. The summed E-state index contributed by atoms with van der Waals surface area (Å²) in [4.78, 5) is 11.2. The highest BCUT2D eigenvalue weighted by Crippen LogP contribution is 2.06. The molecule has 0 atom stereocenters. The van der Waals surface area contributed by atoms with Crippen molar-refractivity contribution in [3.63, 3.8) is 0 Å². The summed E-state index contributed by atoms with van der Waals surface area (Å²) in [5, 5.41) is 0. The summed E-state index contributed by atoms with van der Waals surface area (Å²) in [6.45, 7) is 2.23. The second-order valence-corrected chi connectivity index (χ2v) is 3.07. The van der Waals surface area contributed by atoms with Gasteiger partial charge >= 0.3 is 0 Å². The van der Waals surface area contributed by atoms with Crippen LogP contribution in [0.4, 0.5) is 0 Å². The molecule has 0 saturated carbocycles. The van der Waals surface area contributed by atoms with E-state index in [0.717, 1.165) is 12.8 Å². The van der Waals surface area contributed by atoms with Crippen molar-refractivity contribution in [2.45, 2.75) is 19.8 Å². The zero-order valence-electron chi connectivity index (χ0n) is 7.92. The smallest absolute Gasteiger partial charge is 0.176 e. The van der Waals surface area contributed by atoms with Crippen LogP contribution in [0.25, 0.3) is 0 Å². The van der Waals surface area contributed by atoms with E-state index in [1.54, 1.807) is 0 Å². The number of carbonyl (C=O) groups excluding carboxylic acids is 1. The van der Waals surface area contributed by atoms with Gasteiger partial charge in [0.15, 0.2) is 5.78 Å². The van der Waals surface area contributed by atoms with Crippen LogP contribution in [0.2, 0.25) is 0 Å². The van der Waals surface area contributed by atoms with E-state index in [2.05, 4.69) is 6.92 Å². The molecule has 0 amide bonds. The van der Waals surface area contributed by atoms with Crippen LogP contribution in [-0.4, -0.2) is 12.3 Å². The van der Waals surface area contributed by atoms with Crippen molar-refractivity contribution >= 4 is 5.78 Å². The molecule has 2 heteroatoms. The Kier molecular flexibility index (Phi) is 3.65. The Hall–Kier alpha value is -1.15. The quantitative estimate of drug-likeness (QED) is 0.712. The van der Waals surface area contributed by atoms with Gasteiger partial charge in [-0.1, -0.05) is 37.6 Å². The first-order chi connectivity index (χ1) is 6.27. The number of rotatable bonds is 4. The van der Waals surface area contributed by atoms with Crippen LogP contribution in [0, 0.1) is 0 Å². The van der Waals surface area contributed by atoms with Gasteiger partial charge in [0.25, 0.3) is 0 Å². The monoisotopic (exact) mass is 177 g/mol. The Bertz CT molecular complexity index is 277. The van der Waals surface area contributed by atoms with Crippen LogP contribution in [-0.2, 0) is 6.42 Å². The summed E-state index contributed by atoms with van der Waals surface area (Å²) < 4.78 is 0. The summed E-state index contributed by atoms with van der Waals surface area (Å²) in [5.41, 5.74) is 7.24. The number of Topliss-reactive ketones (excluding diaryl/α,β-unsaturated/α-hetero) is 1. The van der Waals surface area contributed by atoms with E-state index in [1.165, 1.54) is 5.56 Å². The van der Waals surface area contributed by atoms with Crippen molar-refractivity contribution in [2.75, 3.05) is 6.54 Å². The maximum Gasteiger partial charge on any atom is 0.176 e. The van der Waals surface area contributed by atoms with Gasteiger partial charge in [0.1, 0.15) is 0 Å². The van der Waals surface area contributed by atoms with Crippen LogP contribution >= 0.6 is 0 Å². The summed E-state index contributed by atoms with van der Waals surface area (Å²) in [6, 6.07) is 7.68. The first kappa shape index (κ1) is 9.93. The maximum atomic E-state index is 11.2. The Morgan fingerprint density at radius 3 is 2.38 bits per heavy atom. The molecule has 2 nitrogen and oxygen atoms in total. The molecule has 0 saturated heterocycles. The summed E-state index contributed by atoms with van der Waals surface area (Å²) in [5.74, 6) is 0.00282. The fourth-order valence-corrected chi connectivity index (χ4v) is 1.26. The van der Waals surface area contributed by atoms with Crippen LogP contribution in [0.15, 0.2) is 24.3 Å². The molecule has 1 aromatic carbocycles. The van der Waals surface area contributed by atoms with Crippen molar-refractivity contribution in [3.05, 3.63) is 35.4 Å². The molecule has 2 N–H and O–H groups in total. The Morgan fingerprint density at radius 2 is 1.92 bits per heavy atom. The van der Waals surface area contributed by atoms with Crippen molar-refractivity contribution < 1.29 is 4.79 Å². The number of hydrogen-bond acceptors (Lipinski definition) is 2. The van der Waals surface area contributed by atoms with E-state index in [4.69, 9.17) is 5.73 Å². The number of hydrogen-bond donors (Lipinski definition) is 1. The molecule has 0 aliphatic rings. The standard InChI is InChI=1S/C11H15NO/c1-2-3-9-4-6-10(7-5-9)11(13)8-12/h4-7H,2-3,8,12H2,1H3. The molecular weight excluding hydrogens is 162 g/mol. The average molecular weight is 177 g/mol. The van der Waals surface area contributed by atoms with Crippen LogP contribution in [0.5, 0.6) is 0 Å². The molecule has 1 aromatic rings. The third kappa shape index (κ3) is 2.67. The number of carbonyl (C=O) groups is 1. The highest BCUT2D eigenvalue weighted by atomic mass is 16.1. The van der Waals surface area contributed by atoms with Gasteiger partial charge in [-0.05, 0) is 12.0 Å². The van der Waals surface area contributed by atoms with Crippen molar-refractivity contribution in [1.29, 1.82) is 0 Å². The lowest BCUT2D eigenvalue weighted by molar-refractivity contribution is 0.100. The lowest BCUT2D eigenvalue weighted by Gasteiger charge is -2.00. The maximum absolute atomic E-state index is 11.2. The fourth-order valence-electron chi connectivity index (χ4n) is 1.26. The van der Waals surface area contributed by atoms with Crippen molar-refractivity contribution in [2.24, 2.45) is 5.73 Å². The first-order valence-electron chi connectivity index (χ1n) is 4.60. The Labute approximate surface area is 78.8 Å². The van der Waals surface area contributed by atoms with E-state index >= 15 is 0 Å². The topological polar surface area (TPSA) is 43.1 Å². The normalized spacial score (nSPS) is 10.0. The van der Waals surface area contributed by atoms with Crippen LogP contribution < -0.4 is 5.73 Å². The molecule has 13 heavy (non-hydrogen) atoms. The average Bonchev–Trinajstić information content (AvgIpc) is 2.18. The van der Waals surface area contributed by atoms with Crippen molar-refractivity contribution in [3.8, 4) is 0 Å². The Morgan fingerprint density at radius 1 is 1.31 bits per heavy atom. The van der Waals surface area contributed by atoms with Crippen LogP contribution in [0.1, 0.15) is 29.3 Å². The molecule has 0 aliphatic carbocycles. The molecule has 0 radical (unpaired) electrons. The molecule has 1 rings (SSSR count). The number of aryl methyl sites for hydroxylation is 1. The van der Waals surface area contributed by atoms with Gasteiger partial charge in [-0.3, -0.25) is 4.79 Å². The number of ketones is 1. The second-order valence-electron chi connectivity index (χ2n) is 3.07. The van der Waals surface area contributed by atoms with Gasteiger partial charge in [-0.15, -0.1) is 0 Å². The Balaban J connectivity index is 2.75. The summed E-state index contributed by atoms with van der Waals surface area (Å²) >= 11 is 0. The van der Waals surface area contributed by atoms with Crippen molar-refractivity contribution in [1.82, 2.24) is 0 Å². The van der Waals surface area contributed by atoms with E-state index in [-0.39, 0.29) is 12.3 Å². The lowest BCUT2D eigenvalue weighted by Crippen LogP contribution is -2.13. The van der Waals surface area contributed by atoms with E-state index < -0.39 is 0 Å². The SMILES string of the molecule is CCCc1ccc(C(=O)CN)cc1. The molecule has 0 bridgehead atoms. The van der Waals surface area contributed by atoms with E-state index in [9.17, 15) is 4.79 Å². The third-order valence-corrected chi connectivity index (χ3v) is 2.00. The number of benzene rings is 1. The predicted molar refractivity (Wildman–Crippen MR) is 53.8 cm³/mol. The molecule has 0 aliphatic heterocycles. The molecule has 0 aromatic heterocycles. The molecule has 70 valence electrons. The summed E-state index contributed by atoms with van der Waals surface area (Å²) in [7, 11) is 0. The van der Waals surface area contributed by atoms with Gasteiger partial charge in [-0.25, -0.2) is 0 Å². The van der Waals surface area contributed by atoms with E-state index in [1.807, 2.05) is 24.3 Å². The van der Waals surface area contributed by atoms with Gasteiger partial charge in [-0.2, -0.15) is 0 Å². The fraction of sp³-hybridized carbons (Fsp3) is 0.364. The molecule has 0 fully saturated rings. The summed E-state index contributed by atoms with van der Waals surface area (Å²) in [6.07, 6.45) is 2.20. The predicted octanol–water partition coefficient (Wildman–Crippen LogP) is 1.78. The zero-order chi connectivity index (χ0) is 9.68. The van der Waals surface area contributed by atoms with Gasteiger partial charge in [0.05, 0.1) is 6.54 Å². The van der Waals surface area contributed by atoms with Crippen LogP contribution in [0.3, 0.4) is 0 Å². The molecule has 0 spiro atoms. The van der Waals surface area contributed by atoms with Gasteiger partial charge in [0, 0.05) is 5.56 Å². The minimum Gasteiger partial charge on any atom is -0.324 e. The largest absolute Gasteiger partial charge is 0.324 e. The van der Waals surface area contributed by atoms with Gasteiger partial charge < -0.3 is 5.73 Å². The molecule has 0 heterocycles. The zero-order valence-corrected chi connectivity index (χ0v) is 7.92. The first-order valence-corrected chi connectivity index (χ1v) is 4.60. The second kappa shape index (κ2) is 4.77. The minimum absolute atomic E-state index is 0.00282. The minimum atomic E-state index is 0.00282. The van der Waals surface area contributed by atoms with E-state index in [0.29, 0.717) is 5.56 Å². The van der Waals surface area contributed by atoms with Gasteiger partial charge in [0.2, 0.25) is 0 Å². The lowest BCUT2D eigenvalue weighted by atomic mass is 10.1. The molecule has 0 unspecified atom stereocenters.